The Bertz CT molecular complexity index is 929. The molecule has 6 nitrogen and oxygen atoms in total. The quantitative estimate of drug-likeness (QED) is 0.604. The highest BCUT2D eigenvalue weighted by molar-refractivity contribution is 7.85. The molecule has 0 fully saturated rings. The Morgan fingerprint density at radius 1 is 1.11 bits per heavy atom. The van der Waals surface area contributed by atoms with Crippen molar-refractivity contribution in [1.82, 2.24) is 10.6 Å². The Morgan fingerprint density at radius 3 is 2.29 bits per heavy atom. The number of alkyl halides is 3. The molecular formula is C18H19F3N2O4S. The van der Waals surface area contributed by atoms with Crippen molar-refractivity contribution in [1.29, 1.82) is 0 Å². The lowest BCUT2D eigenvalue weighted by Gasteiger charge is -2.15. The van der Waals surface area contributed by atoms with E-state index < -0.39 is 39.7 Å². The molecule has 0 radical (unpaired) electrons. The van der Waals surface area contributed by atoms with Crippen molar-refractivity contribution in [2.45, 2.75) is 25.7 Å². The van der Waals surface area contributed by atoms with Crippen LogP contribution in [0.1, 0.15) is 18.1 Å². The highest BCUT2D eigenvalue weighted by atomic mass is 32.2. The van der Waals surface area contributed by atoms with E-state index in [-0.39, 0.29) is 12.1 Å². The van der Waals surface area contributed by atoms with E-state index >= 15 is 0 Å². The molecule has 1 amide bonds. The van der Waals surface area contributed by atoms with Gasteiger partial charge in [0.2, 0.25) is 5.91 Å². The summed E-state index contributed by atoms with van der Waals surface area (Å²) in [6.07, 6.45) is -4.46. The molecule has 152 valence electrons. The fourth-order valence-electron chi connectivity index (χ4n) is 2.46. The van der Waals surface area contributed by atoms with Gasteiger partial charge in [-0.25, -0.2) is 0 Å². The third-order valence-electron chi connectivity index (χ3n) is 3.93. The number of carbonyl (C=O) groups excluding carboxylic acids is 1. The lowest BCUT2D eigenvalue weighted by atomic mass is 9.98. The number of hydrogen-bond acceptors (Lipinski definition) is 4. The summed E-state index contributed by atoms with van der Waals surface area (Å²) in [5, 5.41) is 4.92. The lowest BCUT2D eigenvalue weighted by molar-refractivity contribution is -0.137. The van der Waals surface area contributed by atoms with E-state index in [1.165, 1.54) is 25.1 Å². The number of amides is 1. The molecule has 0 aliphatic rings. The van der Waals surface area contributed by atoms with Crippen LogP contribution in [-0.4, -0.2) is 30.8 Å². The average molecular weight is 416 g/mol. The summed E-state index contributed by atoms with van der Waals surface area (Å²) >= 11 is 0. The number of benzene rings is 2. The molecule has 0 aliphatic heterocycles. The first-order valence-electron chi connectivity index (χ1n) is 8.19. The largest absolute Gasteiger partial charge is 0.417 e. The van der Waals surface area contributed by atoms with Crippen LogP contribution < -0.4 is 10.6 Å². The van der Waals surface area contributed by atoms with Gasteiger partial charge in [0.1, 0.15) is 5.88 Å². The molecule has 2 aromatic rings. The predicted octanol–water partition coefficient (Wildman–Crippen LogP) is 2.81. The summed E-state index contributed by atoms with van der Waals surface area (Å²) in [7, 11) is -4.30. The Labute approximate surface area is 160 Å². The SMILES string of the molecule is C[C@H](NCc1ccc(-c2ccccc2C(F)(F)F)cc1)C(=O)NCS(=O)(=O)O. The molecule has 0 saturated carbocycles. The Hall–Kier alpha value is -2.43. The van der Waals surface area contributed by atoms with Gasteiger partial charge in [0.25, 0.3) is 10.1 Å². The topological polar surface area (TPSA) is 95.5 Å². The molecular weight excluding hydrogens is 397 g/mol. The zero-order valence-electron chi connectivity index (χ0n) is 14.8. The number of nitrogens with one attached hydrogen (secondary N) is 2. The summed E-state index contributed by atoms with van der Waals surface area (Å²) in [6, 6.07) is 10.9. The summed E-state index contributed by atoms with van der Waals surface area (Å²) in [6.45, 7) is 1.74. The second kappa shape index (κ2) is 8.72. The van der Waals surface area contributed by atoms with Gasteiger partial charge < -0.3 is 10.6 Å². The first-order valence-corrected chi connectivity index (χ1v) is 9.80. The van der Waals surface area contributed by atoms with Gasteiger partial charge in [-0.1, -0.05) is 42.5 Å². The van der Waals surface area contributed by atoms with E-state index in [0.717, 1.165) is 11.6 Å². The summed E-state index contributed by atoms with van der Waals surface area (Å²) in [4.78, 5) is 11.7. The first kappa shape index (κ1) is 21.9. The molecule has 1 atom stereocenters. The fraction of sp³-hybridized carbons (Fsp3) is 0.278. The zero-order valence-corrected chi connectivity index (χ0v) is 15.6. The van der Waals surface area contributed by atoms with Crippen LogP contribution in [-0.2, 0) is 27.6 Å². The van der Waals surface area contributed by atoms with Gasteiger partial charge in [0, 0.05) is 6.54 Å². The predicted molar refractivity (Wildman–Crippen MR) is 97.7 cm³/mol. The van der Waals surface area contributed by atoms with Crippen LogP contribution >= 0.6 is 0 Å². The molecule has 0 heterocycles. The molecule has 3 N–H and O–H groups in total. The highest BCUT2D eigenvalue weighted by Gasteiger charge is 2.33. The lowest BCUT2D eigenvalue weighted by Crippen LogP contribution is -2.43. The Morgan fingerprint density at radius 2 is 1.71 bits per heavy atom. The Kier molecular flexibility index (Phi) is 6.81. The summed E-state index contributed by atoms with van der Waals surface area (Å²) in [5.74, 6) is -1.50. The van der Waals surface area contributed by atoms with Gasteiger partial charge in [-0.2, -0.15) is 21.6 Å². The van der Waals surface area contributed by atoms with E-state index in [1.807, 2.05) is 0 Å². The van der Waals surface area contributed by atoms with Gasteiger partial charge >= 0.3 is 6.18 Å². The fourth-order valence-corrected chi connectivity index (χ4v) is 2.79. The minimum atomic E-state index is -4.46. The van der Waals surface area contributed by atoms with Crippen LogP contribution in [0.15, 0.2) is 48.5 Å². The van der Waals surface area contributed by atoms with Crippen molar-refractivity contribution < 1.29 is 30.9 Å². The molecule has 0 unspecified atom stereocenters. The van der Waals surface area contributed by atoms with Gasteiger partial charge in [0.15, 0.2) is 0 Å². The van der Waals surface area contributed by atoms with Crippen LogP contribution in [0.2, 0.25) is 0 Å². The van der Waals surface area contributed by atoms with E-state index in [9.17, 15) is 26.4 Å². The maximum Gasteiger partial charge on any atom is 0.417 e. The molecule has 2 rings (SSSR count). The van der Waals surface area contributed by atoms with Crippen molar-refractivity contribution in [3.8, 4) is 11.1 Å². The van der Waals surface area contributed by atoms with E-state index in [4.69, 9.17) is 4.55 Å². The molecule has 2 aromatic carbocycles. The van der Waals surface area contributed by atoms with Crippen LogP contribution in [0.25, 0.3) is 11.1 Å². The summed E-state index contributed by atoms with van der Waals surface area (Å²) in [5.41, 5.74) is 0.496. The highest BCUT2D eigenvalue weighted by Crippen LogP contribution is 2.36. The monoisotopic (exact) mass is 416 g/mol. The second-order valence-electron chi connectivity index (χ2n) is 6.11. The molecule has 28 heavy (non-hydrogen) atoms. The van der Waals surface area contributed by atoms with Gasteiger partial charge in [0.05, 0.1) is 11.6 Å². The standard InChI is InChI=1S/C18H19F3N2O4S/c1-12(17(24)23-11-28(25,26)27)22-10-13-6-8-14(9-7-13)15-4-2-3-5-16(15)18(19,20)21/h2-9,12,22H,10-11H2,1H3,(H,23,24)(H,25,26,27)/t12-/m0/s1. The van der Waals surface area contributed by atoms with Crippen molar-refractivity contribution in [3.05, 3.63) is 59.7 Å². The van der Waals surface area contributed by atoms with E-state index in [0.29, 0.717) is 5.56 Å². The third-order valence-corrected chi connectivity index (χ3v) is 4.44. The summed E-state index contributed by atoms with van der Waals surface area (Å²) < 4.78 is 69.3. The molecule has 0 aromatic heterocycles. The molecule has 0 bridgehead atoms. The second-order valence-corrected chi connectivity index (χ2v) is 7.56. The minimum Gasteiger partial charge on any atom is -0.339 e. The Balaban J connectivity index is 2.02. The normalized spacial score (nSPS) is 13.2. The van der Waals surface area contributed by atoms with Crippen LogP contribution in [0, 0.1) is 0 Å². The maximum atomic E-state index is 13.1. The number of rotatable bonds is 7. The van der Waals surface area contributed by atoms with Gasteiger partial charge in [-0.15, -0.1) is 0 Å². The van der Waals surface area contributed by atoms with Crippen molar-refractivity contribution >= 4 is 16.0 Å². The average Bonchev–Trinajstić information content (AvgIpc) is 2.63. The van der Waals surface area contributed by atoms with Gasteiger partial charge in [-0.3, -0.25) is 9.35 Å². The number of carbonyl (C=O) groups is 1. The minimum absolute atomic E-state index is 0.0764. The molecule has 0 spiro atoms. The number of hydrogen-bond donors (Lipinski definition) is 3. The number of halogens is 3. The van der Waals surface area contributed by atoms with Crippen LogP contribution in [0.3, 0.4) is 0 Å². The van der Waals surface area contributed by atoms with Crippen molar-refractivity contribution in [2.75, 3.05) is 5.88 Å². The first-order chi connectivity index (χ1) is 13.0. The molecule has 0 saturated heterocycles. The zero-order chi connectivity index (χ0) is 20.9. The van der Waals surface area contributed by atoms with E-state index in [2.05, 4.69) is 10.6 Å². The molecule has 10 heteroatoms. The smallest absolute Gasteiger partial charge is 0.339 e. The molecule has 0 aliphatic carbocycles. The van der Waals surface area contributed by atoms with E-state index in [1.54, 1.807) is 24.3 Å². The van der Waals surface area contributed by atoms with Crippen molar-refractivity contribution in [2.24, 2.45) is 0 Å². The maximum absolute atomic E-state index is 13.1. The third kappa shape index (κ3) is 6.32. The van der Waals surface area contributed by atoms with Crippen LogP contribution in [0.4, 0.5) is 13.2 Å². The van der Waals surface area contributed by atoms with Gasteiger partial charge in [-0.05, 0) is 29.7 Å². The van der Waals surface area contributed by atoms with Crippen LogP contribution in [0.5, 0.6) is 0 Å². The van der Waals surface area contributed by atoms with Crippen molar-refractivity contribution in [3.63, 3.8) is 0 Å².